The van der Waals surface area contributed by atoms with Crippen LogP contribution in [0.15, 0.2) is 30.9 Å². The zero-order valence-electron chi connectivity index (χ0n) is 31.5. The van der Waals surface area contributed by atoms with Gasteiger partial charge in [-0.1, -0.05) is 40.2 Å². The molecule has 0 amide bonds. The van der Waals surface area contributed by atoms with Crippen LogP contribution in [0.3, 0.4) is 0 Å². The second kappa shape index (κ2) is 12.3. The van der Waals surface area contributed by atoms with E-state index in [2.05, 4.69) is 94.2 Å². The minimum atomic E-state index is -1.76. The second-order valence-electron chi connectivity index (χ2n) is 17.1. The Morgan fingerprint density at radius 3 is 2.48 bits per heavy atom. The van der Waals surface area contributed by atoms with Gasteiger partial charge in [0.05, 0.1) is 33.8 Å². The quantitative estimate of drug-likeness (QED) is 0.138. The molecule has 0 aromatic carbocycles. The number of hydrogen-bond acceptors (Lipinski definition) is 7. The van der Waals surface area contributed by atoms with E-state index in [1.54, 1.807) is 6.08 Å². The van der Waals surface area contributed by atoms with Crippen LogP contribution >= 0.6 is 0 Å². The average molecular weight is 689 g/mol. The van der Waals surface area contributed by atoms with E-state index in [4.69, 9.17) is 9.47 Å². The summed E-state index contributed by atoms with van der Waals surface area (Å²) in [5.41, 5.74) is -0.412. The van der Waals surface area contributed by atoms with E-state index in [0.717, 1.165) is 30.3 Å². The van der Waals surface area contributed by atoms with Crippen LogP contribution < -0.4 is 21.3 Å². The minimum absolute atomic E-state index is 0.0992. The molecule has 10 nitrogen and oxygen atoms in total. The molecule has 4 aliphatic rings. The van der Waals surface area contributed by atoms with Crippen molar-refractivity contribution in [1.82, 2.24) is 20.6 Å². The van der Waals surface area contributed by atoms with E-state index in [9.17, 15) is 14.4 Å². The number of aryl methyl sites for hydroxylation is 1. The molecule has 1 aliphatic carbocycles. The molecule has 10 heteroatoms. The number of methoxy groups -OCH3 is 1. The number of aromatic nitrogens is 2. The molecule has 5 heterocycles. The first-order valence-corrected chi connectivity index (χ1v) is 18.3. The molecule has 2 aromatic heterocycles. The maximum atomic E-state index is 14.7. The molecule has 0 radical (unpaired) electrons. The SMILES string of the molecule is C=CC12NC(C)(CC3(CCC(=O)OCC[N+](C)(C)C)NC(C(=O)OC)(/C=c4/cc/c([nH]4)=C/c4cc5c([nH]4)C1(C)CC5)C(=O)C3C)C(CC)C2C. The van der Waals surface area contributed by atoms with Gasteiger partial charge in [0.25, 0.3) is 0 Å². The smallest absolute Gasteiger partial charge is 0.338 e. The summed E-state index contributed by atoms with van der Waals surface area (Å²) in [6.07, 6.45) is 9.61. The van der Waals surface area contributed by atoms with Crippen LogP contribution in [-0.4, -0.2) is 95.7 Å². The predicted molar refractivity (Wildman–Crippen MR) is 194 cm³/mol. The molecule has 0 saturated carbocycles. The largest absolute Gasteiger partial charge is 0.467 e. The van der Waals surface area contributed by atoms with E-state index >= 15 is 0 Å². The molecule has 8 atom stereocenters. The number of carbonyl (C=O) groups excluding carboxylic acids is 3. The first kappa shape index (κ1) is 36.3. The maximum Gasteiger partial charge on any atom is 0.338 e. The molecular formula is C40H58N5O5+. The zero-order chi connectivity index (χ0) is 36.5. The first-order chi connectivity index (χ1) is 23.4. The van der Waals surface area contributed by atoms with Gasteiger partial charge in [-0.05, 0) is 80.4 Å². The number of rotatable bonds is 9. The minimum Gasteiger partial charge on any atom is -0.467 e. The molecule has 4 N–H and O–H groups in total. The summed E-state index contributed by atoms with van der Waals surface area (Å²) in [4.78, 5) is 49.2. The Morgan fingerprint density at radius 1 is 1.10 bits per heavy atom. The molecular weight excluding hydrogens is 630 g/mol. The Morgan fingerprint density at radius 2 is 1.82 bits per heavy atom. The highest BCUT2D eigenvalue weighted by Gasteiger charge is 2.68. The summed E-state index contributed by atoms with van der Waals surface area (Å²) in [5, 5.41) is 9.33. The van der Waals surface area contributed by atoms with Crippen molar-refractivity contribution in [2.75, 3.05) is 41.4 Å². The number of H-pyrrole nitrogens is 2. The molecule has 2 fully saturated rings. The molecule has 0 spiro atoms. The number of carbonyl (C=O) groups is 3. The van der Waals surface area contributed by atoms with Gasteiger partial charge >= 0.3 is 11.9 Å². The van der Waals surface area contributed by atoms with Crippen molar-refractivity contribution in [2.24, 2.45) is 17.8 Å². The number of esters is 2. The molecule has 3 aliphatic heterocycles. The van der Waals surface area contributed by atoms with E-state index in [1.165, 1.54) is 18.4 Å². The molecule has 50 heavy (non-hydrogen) atoms. The fourth-order valence-electron chi connectivity index (χ4n) is 10.5. The number of fused-ring (bicyclic) bond motifs is 8. The van der Waals surface area contributed by atoms with Crippen LogP contribution in [0.1, 0.15) is 83.7 Å². The van der Waals surface area contributed by atoms with Crippen molar-refractivity contribution in [3.63, 3.8) is 0 Å². The lowest BCUT2D eigenvalue weighted by molar-refractivity contribution is -0.870. The number of aromatic amines is 2. The van der Waals surface area contributed by atoms with Gasteiger partial charge in [-0.25, -0.2) is 4.79 Å². The summed E-state index contributed by atoms with van der Waals surface area (Å²) >= 11 is 0. The fourth-order valence-corrected chi connectivity index (χ4v) is 10.5. The van der Waals surface area contributed by atoms with E-state index < -0.39 is 34.0 Å². The van der Waals surface area contributed by atoms with Crippen LogP contribution in [0.5, 0.6) is 0 Å². The standard InChI is InChI=1S/C40H58N5O5/c1-11-31-25(3)40(12-2)36(5)17-15-27-21-30(42-33(27)36)22-28-13-14-29(41-28)23-39(35(48)49-10)34(47)26(4)38(44-39,24-37(31,6)43-40)18-16-32(46)50-20-19-45(7,8)9/h12-14,21-23,25-26,31,41-44H,2,11,15-20,24H2,1,3-10H3/q+1/b28-22-,29-23-. The van der Waals surface area contributed by atoms with Gasteiger partial charge in [-0.15, -0.1) is 6.58 Å². The lowest BCUT2D eigenvalue weighted by Crippen LogP contribution is -2.64. The number of nitrogens with zero attached hydrogens (tertiary/aromatic N) is 1. The topological polar surface area (TPSA) is 125 Å². The third-order valence-corrected chi connectivity index (χ3v) is 13.1. The highest BCUT2D eigenvalue weighted by Crippen LogP contribution is 2.59. The predicted octanol–water partition coefficient (Wildman–Crippen LogP) is 3.00. The molecule has 2 aromatic rings. The van der Waals surface area contributed by atoms with Crippen LogP contribution in [0.25, 0.3) is 12.2 Å². The Bertz CT molecular complexity index is 1820. The number of ketones is 1. The summed E-state index contributed by atoms with van der Waals surface area (Å²) in [7, 11) is 7.48. The summed E-state index contributed by atoms with van der Waals surface area (Å²) in [6, 6.07) is 6.08. The monoisotopic (exact) mass is 688 g/mol. The first-order valence-electron chi connectivity index (χ1n) is 18.3. The summed E-state index contributed by atoms with van der Waals surface area (Å²) < 4.78 is 11.8. The highest BCUT2D eigenvalue weighted by molar-refractivity contribution is 6.17. The van der Waals surface area contributed by atoms with Crippen molar-refractivity contribution in [3.8, 4) is 0 Å². The number of Topliss-reactive ketones (excluding diaryl/α,β-unsaturated/α-hetero) is 1. The van der Waals surface area contributed by atoms with Crippen molar-refractivity contribution in [1.29, 1.82) is 0 Å². The van der Waals surface area contributed by atoms with Crippen molar-refractivity contribution >= 4 is 29.9 Å². The Kier molecular flexibility index (Phi) is 8.97. The third-order valence-electron chi connectivity index (χ3n) is 13.1. The van der Waals surface area contributed by atoms with E-state index in [0.29, 0.717) is 35.8 Å². The van der Waals surface area contributed by atoms with Gasteiger partial charge in [0, 0.05) is 50.9 Å². The van der Waals surface area contributed by atoms with Gasteiger partial charge < -0.3 is 29.2 Å². The molecule has 8 unspecified atom stereocenters. The Labute approximate surface area is 296 Å². The normalized spacial score (nSPS) is 37.5. The average Bonchev–Trinajstić information content (AvgIpc) is 3.83. The number of nitrogens with one attached hydrogen (secondary N) is 4. The summed E-state index contributed by atoms with van der Waals surface area (Å²) in [5.74, 6) is -1.51. The van der Waals surface area contributed by atoms with Crippen molar-refractivity contribution in [2.45, 2.75) is 101 Å². The van der Waals surface area contributed by atoms with Crippen LogP contribution in [-0.2, 0) is 35.7 Å². The van der Waals surface area contributed by atoms with E-state index in [1.807, 2.05) is 19.1 Å². The van der Waals surface area contributed by atoms with Gasteiger partial charge in [0.2, 0.25) is 0 Å². The van der Waals surface area contributed by atoms with Crippen LogP contribution in [0.2, 0.25) is 0 Å². The summed E-state index contributed by atoms with van der Waals surface area (Å²) in [6.45, 7) is 16.6. The van der Waals surface area contributed by atoms with Gasteiger partial charge in [0.15, 0.2) is 11.3 Å². The highest BCUT2D eigenvalue weighted by atomic mass is 16.5. The molecule has 8 bridgehead atoms. The second-order valence-corrected chi connectivity index (χ2v) is 17.1. The van der Waals surface area contributed by atoms with Crippen molar-refractivity contribution in [3.05, 3.63) is 58.5 Å². The van der Waals surface area contributed by atoms with Crippen LogP contribution in [0.4, 0.5) is 0 Å². The Balaban J connectivity index is 1.54. The number of quaternary nitrogens is 1. The Hall–Kier alpha value is -3.47. The zero-order valence-corrected chi connectivity index (χ0v) is 31.5. The number of likely N-dealkylation sites (N-methyl/N-ethyl adjacent to an activating group) is 1. The molecule has 272 valence electrons. The number of hydrogen-bond donors (Lipinski definition) is 4. The fraction of sp³-hybridized carbons (Fsp3) is 0.625. The van der Waals surface area contributed by atoms with Crippen LogP contribution in [0, 0.1) is 17.8 Å². The van der Waals surface area contributed by atoms with Gasteiger partial charge in [-0.3, -0.25) is 14.9 Å². The van der Waals surface area contributed by atoms with Gasteiger partial charge in [0.1, 0.15) is 13.2 Å². The molecule has 6 rings (SSSR count). The van der Waals surface area contributed by atoms with E-state index in [-0.39, 0.29) is 35.4 Å². The lowest BCUT2D eigenvalue weighted by Gasteiger charge is -2.48. The third kappa shape index (κ3) is 5.53. The molecule has 2 saturated heterocycles. The number of ether oxygens (including phenoxy) is 2. The lowest BCUT2D eigenvalue weighted by atomic mass is 9.61. The maximum absolute atomic E-state index is 14.7. The van der Waals surface area contributed by atoms with Crippen molar-refractivity contribution < 1.29 is 28.3 Å². The van der Waals surface area contributed by atoms with Gasteiger partial charge in [-0.2, -0.15) is 0 Å².